The minimum atomic E-state index is -3.89. The van der Waals surface area contributed by atoms with E-state index in [0.717, 1.165) is 54.1 Å². The van der Waals surface area contributed by atoms with Gasteiger partial charge in [-0.1, -0.05) is 23.7 Å². The van der Waals surface area contributed by atoms with Crippen LogP contribution in [0.1, 0.15) is 28.8 Å². The molecule has 1 aromatic heterocycles. The van der Waals surface area contributed by atoms with Gasteiger partial charge in [-0.05, 0) is 73.2 Å². The van der Waals surface area contributed by atoms with Crippen LogP contribution in [0.15, 0.2) is 47.4 Å². The quantitative estimate of drug-likeness (QED) is 0.527. The highest BCUT2D eigenvalue weighted by molar-refractivity contribution is 7.92. The topological polar surface area (TPSA) is 80.8 Å². The lowest BCUT2D eigenvalue weighted by atomic mass is 10.1. The third-order valence-electron chi connectivity index (χ3n) is 6.26. The van der Waals surface area contributed by atoms with E-state index in [0.29, 0.717) is 22.9 Å². The van der Waals surface area contributed by atoms with E-state index < -0.39 is 10.0 Å². The number of rotatable bonds is 6. The lowest BCUT2D eigenvalue weighted by Crippen LogP contribution is -2.28. The second-order valence-electron chi connectivity index (χ2n) is 8.63. The Labute approximate surface area is 204 Å². The molecular formula is C25H26ClN3O4S. The van der Waals surface area contributed by atoms with Crippen LogP contribution in [-0.2, 0) is 29.5 Å². The van der Waals surface area contributed by atoms with Crippen molar-refractivity contribution in [2.45, 2.75) is 37.7 Å². The summed E-state index contributed by atoms with van der Waals surface area (Å²) >= 11 is 6.17. The van der Waals surface area contributed by atoms with Gasteiger partial charge in [0.2, 0.25) is 5.88 Å². The van der Waals surface area contributed by atoms with Gasteiger partial charge in [0.05, 0.1) is 17.1 Å². The van der Waals surface area contributed by atoms with Gasteiger partial charge in [0, 0.05) is 17.8 Å². The normalized spacial score (nSPS) is 14.9. The molecule has 9 heteroatoms. The number of pyridine rings is 1. The van der Waals surface area contributed by atoms with E-state index in [1.54, 1.807) is 19.1 Å². The van der Waals surface area contributed by atoms with Crippen molar-refractivity contribution in [1.82, 2.24) is 4.98 Å². The largest absolute Gasteiger partial charge is 0.490 e. The highest BCUT2D eigenvalue weighted by atomic mass is 35.5. The van der Waals surface area contributed by atoms with Crippen molar-refractivity contribution in [2.75, 3.05) is 29.8 Å². The van der Waals surface area contributed by atoms with Gasteiger partial charge in [0.1, 0.15) is 24.7 Å². The molecular weight excluding hydrogens is 474 g/mol. The first-order chi connectivity index (χ1) is 16.3. The number of aromatic nitrogens is 1. The first-order valence-electron chi connectivity index (χ1n) is 11.2. The molecule has 0 saturated heterocycles. The second-order valence-corrected chi connectivity index (χ2v) is 10.7. The zero-order valence-corrected chi connectivity index (χ0v) is 20.7. The molecule has 1 aliphatic carbocycles. The van der Waals surface area contributed by atoms with Gasteiger partial charge in [-0.3, -0.25) is 4.72 Å². The molecule has 0 unspecified atom stereocenters. The summed E-state index contributed by atoms with van der Waals surface area (Å²) in [5.74, 6) is 1.08. The summed E-state index contributed by atoms with van der Waals surface area (Å²) in [4.78, 5) is 6.95. The molecule has 0 bridgehead atoms. The number of ether oxygens (including phenoxy) is 2. The minimum absolute atomic E-state index is 0.127. The number of halogens is 1. The van der Waals surface area contributed by atoms with E-state index in [4.69, 9.17) is 21.1 Å². The summed E-state index contributed by atoms with van der Waals surface area (Å²) in [5, 5.41) is 0.395. The highest BCUT2D eigenvalue weighted by Crippen LogP contribution is 2.35. The molecule has 0 radical (unpaired) electrons. The number of hydrogen-bond donors (Lipinski definition) is 1. The third kappa shape index (κ3) is 4.40. The van der Waals surface area contributed by atoms with Crippen molar-refractivity contribution in [2.24, 2.45) is 0 Å². The number of benzene rings is 2. The van der Waals surface area contributed by atoms with Gasteiger partial charge in [-0.2, -0.15) is 0 Å². The first kappa shape index (κ1) is 22.8. The Hall–Kier alpha value is -2.97. The molecule has 2 aliphatic rings. The van der Waals surface area contributed by atoms with Gasteiger partial charge in [-0.15, -0.1) is 0 Å². The molecule has 0 fully saturated rings. The zero-order chi connectivity index (χ0) is 23.9. The number of hydrogen-bond acceptors (Lipinski definition) is 6. The van der Waals surface area contributed by atoms with Crippen LogP contribution < -0.4 is 19.1 Å². The van der Waals surface area contributed by atoms with E-state index in [9.17, 15) is 8.42 Å². The van der Waals surface area contributed by atoms with Crippen molar-refractivity contribution in [1.29, 1.82) is 0 Å². The third-order valence-corrected chi connectivity index (χ3v) is 8.18. The number of anilines is 2. The Bertz CT molecular complexity index is 1360. The van der Waals surface area contributed by atoms with E-state index >= 15 is 0 Å². The maximum absolute atomic E-state index is 13.2. The van der Waals surface area contributed by atoms with Crippen LogP contribution in [0.25, 0.3) is 0 Å². The van der Waals surface area contributed by atoms with Crippen molar-refractivity contribution >= 4 is 33.0 Å². The molecule has 0 spiro atoms. The summed E-state index contributed by atoms with van der Waals surface area (Å²) in [6, 6.07) is 12.6. The fraction of sp³-hybridized carbons (Fsp3) is 0.320. The summed E-state index contributed by atoms with van der Waals surface area (Å²) in [6.45, 7) is 3.40. The van der Waals surface area contributed by atoms with Crippen LogP contribution in [0.4, 0.5) is 11.4 Å². The highest BCUT2D eigenvalue weighted by Gasteiger charge is 2.24. The van der Waals surface area contributed by atoms with Crippen LogP contribution in [0, 0.1) is 6.92 Å². The zero-order valence-electron chi connectivity index (χ0n) is 19.1. The number of likely N-dealkylation sites (N-methyl/N-ethyl adjacent to an activating group) is 1. The van der Waals surface area contributed by atoms with Crippen LogP contribution >= 0.6 is 11.6 Å². The number of fused-ring (bicyclic) bond motifs is 2. The standard InChI is InChI=1S/C25H26ClN3O4S/c1-16-19(26)6-4-8-24(16)34(30,31)28-21-14-18-5-3-7-20(18)27-25(21)33-15-17-9-10-22-23(13-17)32-12-11-29(22)2/h4,6,8-10,13-14,28H,3,5,7,11-12,15H2,1-2H3. The van der Waals surface area contributed by atoms with Gasteiger partial charge >= 0.3 is 0 Å². The van der Waals surface area contributed by atoms with Gasteiger partial charge in [-0.25, -0.2) is 13.4 Å². The van der Waals surface area contributed by atoms with E-state index in [1.807, 2.05) is 31.3 Å². The van der Waals surface area contributed by atoms with Gasteiger partial charge in [0.25, 0.3) is 10.0 Å². The lowest BCUT2D eigenvalue weighted by Gasteiger charge is -2.28. The molecule has 0 saturated carbocycles. The summed E-state index contributed by atoms with van der Waals surface area (Å²) < 4.78 is 41.0. The van der Waals surface area contributed by atoms with Gasteiger partial charge in [0.15, 0.2) is 0 Å². The molecule has 0 amide bonds. The number of nitrogens with one attached hydrogen (secondary N) is 1. The minimum Gasteiger partial charge on any atom is -0.490 e. The van der Waals surface area contributed by atoms with E-state index in [1.165, 1.54) is 6.07 Å². The van der Waals surface area contributed by atoms with E-state index in [-0.39, 0.29) is 17.4 Å². The molecule has 0 atom stereocenters. The molecule has 34 heavy (non-hydrogen) atoms. The predicted octanol–water partition coefficient (Wildman–Crippen LogP) is 4.74. The fourth-order valence-corrected chi connectivity index (χ4v) is 5.91. The molecule has 2 heterocycles. The average Bonchev–Trinajstić information content (AvgIpc) is 3.26. The lowest BCUT2D eigenvalue weighted by molar-refractivity contribution is 0.290. The van der Waals surface area contributed by atoms with Crippen molar-refractivity contribution in [3.05, 3.63) is 69.9 Å². The van der Waals surface area contributed by atoms with Crippen LogP contribution in [0.5, 0.6) is 11.6 Å². The molecule has 178 valence electrons. The molecule has 3 aromatic rings. The fourth-order valence-electron chi connectivity index (χ4n) is 4.36. The van der Waals surface area contributed by atoms with Crippen LogP contribution in [0.2, 0.25) is 5.02 Å². The van der Waals surface area contributed by atoms with Crippen molar-refractivity contribution in [3.63, 3.8) is 0 Å². The van der Waals surface area contributed by atoms with Crippen LogP contribution in [0.3, 0.4) is 0 Å². The van der Waals surface area contributed by atoms with Gasteiger partial charge < -0.3 is 14.4 Å². The average molecular weight is 500 g/mol. The molecule has 5 rings (SSSR count). The number of nitrogens with zero attached hydrogens (tertiary/aromatic N) is 2. The summed E-state index contributed by atoms with van der Waals surface area (Å²) in [5.41, 5.74) is 4.76. The first-order valence-corrected chi connectivity index (χ1v) is 13.1. The van der Waals surface area contributed by atoms with Crippen molar-refractivity contribution < 1.29 is 17.9 Å². The molecule has 1 N–H and O–H groups in total. The van der Waals surface area contributed by atoms with E-state index in [2.05, 4.69) is 14.6 Å². The predicted molar refractivity (Wildman–Crippen MR) is 133 cm³/mol. The summed E-state index contributed by atoms with van der Waals surface area (Å²) in [6.07, 6.45) is 2.70. The Morgan fingerprint density at radius 2 is 2.06 bits per heavy atom. The molecule has 1 aliphatic heterocycles. The monoisotopic (exact) mass is 499 g/mol. The number of sulfonamides is 1. The Morgan fingerprint density at radius 3 is 2.91 bits per heavy atom. The number of aryl methyl sites for hydroxylation is 2. The Morgan fingerprint density at radius 1 is 1.21 bits per heavy atom. The van der Waals surface area contributed by atoms with Crippen molar-refractivity contribution in [3.8, 4) is 11.6 Å². The Kier molecular flexibility index (Phi) is 6.04. The SMILES string of the molecule is Cc1c(Cl)cccc1S(=O)(=O)Nc1cc2c(nc1OCc1ccc3c(c1)OCCN3C)CCC2. The van der Waals surface area contributed by atoms with Crippen LogP contribution in [-0.4, -0.2) is 33.6 Å². The second kappa shape index (κ2) is 9.00. The smallest absolute Gasteiger partial charge is 0.262 e. The maximum atomic E-state index is 13.2. The molecule has 7 nitrogen and oxygen atoms in total. The summed E-state index contributed by atoms with van der Waals surface area (Å²) in [7, 11) is -1.85. The Balaban J connectivity index is 1.43. The maximum Gasteiger partial charge on any atom is 0.262 e. The molecule has 2 aromatic carbocycles.